The van der Waals surface area contributed by atoms with Crippen LogP contribution < -0.4 is 10.0 Å². The number of aryl methyl sites for hydroxylation is 1. The maximum absolute atomic E-state index is 13.7. The second kappa shape index (κ2) is 5.57. The lowest BCUT2D eigenvalue weighted by Crippen LogP contribution is -2.37. The van der Waals surface area contributed by atoms with Crippen molar-refractivity contribution in [3.63, 3.8) is 0 Å². The molecule has 0 saturated heterocycles. The summed E-state index contributed by atoms with van der Waals surface area (Å²) < 4.78 is 39.7. The minimum Gasteiger partial charge on any atom is -0.316 e. The van der Waals surface area contributed by atoms with Crippen LogP contribution in [-0.4, -0.2) is 28.1 Å². The number of nitrogens with one attached hydrogen (secondary N) is 2. The second-order valence-electron chi connectivity index (χ2n) is 3.93. The van der Waals surface area contributed by atoms with E-state index in [2.05, 4.69) is 10.0 Å². The van der Waals surface area contributed by atoms with Gasteiger partial charge in [-0.05, 0) is 32.5 Å². The second-order valence-corrected chi connectivity index (χ2v) is 5.66. The van der Waals surface area contributed by atoms with Crippen molar-refractivity contribution in [1.29, 1.82) is 0 Å². The van der Waals surface area contributed by atoms with E-state index in [0.29, 0.717) is 5.56 Å². The normalized spacial score (nSPS) is 13.6. The first kappa shape index (κ1) is 14.1. The fourth-order valence-corrected chi connectivity index (χ4v) is 2.52. The van der Waals surface area contributed by atoms with Gasteiger partial charge in [0, 0.05) is 12.6 Å². The molecule has 0 fully saturated rings. The van der Waals surface area contributed by atoms with Crippen LogP contribution >= 0.6 is 0 Å². The van der Waals surface area contributed by atoms with Gasteiger partial charge in [-0.3, -0.25) is 0 Å². The van der Waals surface area contributed by atoms with Crippen LogP contribution in [0.15, 0.2) is 23.1 Å². The average molecular weight is 260 g/mol. The van der Waals surface area contributed by atoms with Crippen LogP contribution in [0.1, 0.15) is 12.5 Å². The Balaban J connectivity index is 2.94. The van der Waals surface area contributed by atoms with Crippen LogP contribution in [0.2, 0.25) is 0 Å². The molecule has 4 nitrogen and oxygen atoms in total. The molecular weight excluding hydrogens is 243 g/mol. The molecule has 6 heteroatoms. The van der Waals surface area contributed by atoms with Crippen molar-refractivity contribution in [2.45, 2.75) is 24.8 Å². The molecule has 0 bridgehead atoms. The van der Waals surface area contributed by atoms with E-state index >= 15 is 0 Å². The van der Waals surface area contributed by atoms with Gasteiger partial charge < -0.3 is 5.32 Å². The molecule has 0 saturated carbocycles. The molecule has 2 N–H and O–H groups in total. The number of sulfonamides is 1. The maximum atomic E-state index is 13.7. The van der Waals surface area contributed by atoms with E-state index < -0.39 is 15.8 Å². The lowest BCUT2D eigenvalue weighted by Gasteiger charge is -2.12. The Labute approximate surface area is 101 Å². The molecule has 0 aromatic heterocycles. The summed E-state index contributed by atoms with van der Waals surface area (Å²) in [6, 6.07) is 4.30. The molecule has 96 valence electrons. The summed E-state index contributed by atoms with van der Waals surface area (Å²) in [5.74, 6) is -0.697. The first-order valence-electron chi connectivity index (χ1n) is 5.30. The monoisotopic (exact) mass is 260 g/mol. The highest BCUT2D eigenvalue weighted by molar-refractivity contribution is 7.89. The average Bonchev–Trinajstić information content (AvgIpc) is 2.29. The van der Waals surface area contributed by atoms with Crippen LogP contribution in [0, 0.1) is 12.7 Å². The molecule has 1 aromatic carbocycles. The Bertz CT molecular complexity index is 488. The lowest BCUT2D eigenvalue weighted by molar-refractivity contribution is 0.538. The number of likely N-dealkylation sites (N-methyl/N-ethyl adjacent to an activating group) is 1. The lowest BCUT2D eigenvalue weighted by atomic mass is 10.2. The molecule has 0 aliphatic heterocycles. The molecule has 0 heterocycles. The van der Waals surface area contributed by atoms with E-state index in [1.165, 1.54) is 25.1 Å². The van der Waals surface area contributed by atoms with Crippen molar-refractivity contribution in [2.75, 3.05) is 13.6 Å². The van der Waals surface area contributed by atoms with Crippen LogP contribution in [-0.2, 0) is 10.0 Å². The Morgan fingerprint density at radius 1 is 1.41 bits per heavy atom. The van der Waals surface area contributed by atoms with Crippen LogP contribution in [0.25, 0.3) is 0 Å². The van der Waals surface area contributed by atoms with E-state index in [0.717, 1.165) is 0 Å². The van der Waals surface area contributed by atoms with E-state index in [-0.39, 0.29) is 17.5 Å². The molecule has 0 aliphatic carbocycles. The zero-order chi connectivity index (χ0) is 13.1. The molecule has 1 rings (SSSR count). The standard InChI is InChI=1S/C11H17FN2O2S/c1-8-5-4-6-10(11(8)12)17(15,16)14-7-9(2)13-3/h4-6,9,13-14H,7H2,1-3H3. The van der Waals surface area contributed by atoms with Crippen LogP contribution in [0.3, 0.4) is 0 Å². The van der Waals surface area contributed by atoms with Gasteiger partial charge in [-0.15, -0.1) is 0 Å². The Morgan fingerprint density at radius 3 is 2.65 bits per heavy atom. The Morgan fingerprint density at radius 2 is 2.06 bits per heavy atom. The van der Waals surface area contributed by atoms with Gasteiger partial charge in [0.05, 0.1) is 0 Å². The predicted octanol–water partition coefficient (Wildman–Crippen LogP) is 1.02. The molecular formula is C11H17FN2O2S. The van der Waals surface area contributed by atoms with Crippen LogP contribution in [0.4, 0.5) is 4.39 Å². The van der Waals surface area contributed by atoms with Crippen molar-refractivity contribution < 1.29 is 12.8 Å². The molecule has 17 heavy (non-hydrogen) atoms. The summed E-state index contributed by atoms with van der Waals surface area (Å²) in [6.07, 6.45) is 0. The number of hydrogen-bond acceptors (Lipinski definition) is 3. The SMILES string of the molecule is CNC(C)CNS(=O)(=O)c1cccc(C)c1F. The van der Waals surface area contributed by atoms with Gasteiger partial charge in [0.1, 0.15) is 10.7 Å². The van der Waals surface area contributed by atoms with E-state index in [1.54, 1.807) is 7.05 Å². The number of halogens is 1. The Hall–Kier alpha value is -0.980. The fourth-order valence-electron chi connectivity index (χ4n) is 1.24. The minimum absolute atomic E-state index is 0.0161. The van der Waals surface area contributed by atoms with Gasteiger partial charge in [-0.2, -0.15) is 0 Å². The van der Waals surface area contributed by atoms with E-state index in [9.17, 15) is 12.8 Å². The minimum atomic E-state index is -3.78. The van der Waals surface area contributed by atoms with Crippen LogP contribution in [0.5, 0.6) is 0 Å². The predicted molar refractivity (Wildman–Crippen MR) is 64.8 cm³/mol. The molecule has 0 radical (unpaired) electrons. The zero-order valence-corrected chi connectivity index (χ0v) is 10.9. The zero-order valence-electron chi connectivity index (χ0n) is 10.1. The smallest absolute Gasteiger partial charge is 0.243 e. The van der Waals surface area contributed by atoms with Gasteiger partial charge in [0.25, 0.3) is 0 Å². The number of hydrogen-bond donors (Lipinski definition) is 2. The summed E-state index contributed by atoms with van der Waals surface area (Å²) >= 11 is 0. The van der Waals surface area contributed by atoms with Crippen molar-refractivity contribution in [3.8, 4) is 0 Å². The van der Waals surface area contributed by atoms with Crippen molar-refractivity contribution in [1.82, 2.24) is 10.0 Å². The molecule has 1 unspecified atom stereocenters. The van der Waals surface area contributed by atoms with Crippen molar-refractivity contribution in [3.05, 3.63) is 29.6 Å². The fraction of sp³-hybridized carbons (Fsp3) is 0.455. The van der Waals surface area contributed by atoms with E-state index in [4.69, 9.17) is 0 Å². The third-order valence-electron chi connectivity index (χ3n) is 2.52. The Kier molecular flexibility index (Phi) is 4.62. The first-order chi connectivity index (χ1) is 7.88. The van der Waals surface area contributed by atoms with Gasteiger partial charge in [0.2, 0.25) is 10.0 Å². The summed E-state index contributed by atoms with van der Waals surface area (Å²) in [6.45, 7) is 3.58. The third-order valence-corrected chi connectivity index (χ3v) is 3.96. The quantitative estimate of drug-likeness (QED) is 0.831. The molecule has 1 aromatic rings. The van der Waals surface area contributed by atoms with Crippen molar-refractivity contribution >= 4 is 10.0 Å². The summed E-state index contributed by atoms with van der Waals surface area (Å²) in [4.78, 5) is -0.305. The summed E-state index contributed by atoms with van der Waals surface area (Å²) in [7, 11) is -2.06. The van der Waals surface area contributed by atoms with Gasteiger partial charge in [-0.1, -0.05) is 12.1 Å². The summed E-state index contributed by atoms with van der Waals surface area (Å²) in [5, 5.41) is 2.89. The highest BCUT2D eigenvalue weighted by Crippen LogP contribution is 2.16. The van der Waals surface area contributed by atoms with Gasteiger partial charge in [0.15, 0.2) is 0 Å². The summed E-state index contributed by atoms with van der Waals surface area (Å²) in [5.41, 5.74) is 0.314. The highest BCUT2D eigenvalue weighted by atomic mass is 32.2. The third kappa shape index (κ3) is 3.49. The molecule has 0 spiro atoms. The van der Waals surface area contributed by atoms with Gasteiger partial charge in [-0.25, -0.2) is 17.5 Å². The van der Waals surface area contributed by atoms with Gasteiger partial charge >= 0.3 is 0 Å². The molecule has 1 atom stereocenters. The number of rotatable bonds is 5. The molecule has 0 aliphatic rings. The topological polar surface area (TPSA) is 58.2 Å². The highest BCUT2D eigenvalue weighted by Gasteiger charge is 2.20. The number of benzene rings is 1. The largest absolute Gasteiger partial charge is 0.316 e. The van der Waals surface area contributed by atoms with E-state index in [1.807, 2.05) is 6.92 Å². The molecule has 0 amide bonds. The van der Waals surface area contributed by atoms with Crippen molar-refractivity contribution in [2.24, 2.45) is 0 Å². The maximum Gasteiger partial charge on any atom is 0.243 e. The first-order valence-corrected chi connectivity index (χ1v) is 6.79.